The summed E-state index contributed by atoms with van der Waals surface area (Å²) in [6.07, 6.45) is -0.0457. The van der Waals surface area contributed by atoms with Crippen LogP contribution in [0.25, 0.3) is 0 Å². The predicted molar refractivity (Wildman–Crippen MR) is 93.5 cm³/mol. The number of nitrogens with zero attached hydrogens (tertiary/aromatic N) is 2. The van der Waals surface area contributed by atoms with Gasteiger partial charge in [0.2, 0.25) is 5.91 Å². The lowest BCUT2D eigenvalue weighted by molar-refractivity contribution is -0.145. The van der Waals surface area contributed by atoms with Crippen molar-refractivity contribution in [3.05, 3.63) is 35.9 Å². The average Bonchev–Trinajstić information content (AvgIpc) is 2.62. The lowest BCUT2D eigenvalue weighted by atomic mass is 9.84. The number of piperazine rings is 1. The lowest BCUT2D eigenvalue weighted by Crippen LogP contribution is -2.53. The van der Waals surface area contributed by atoms with Gasteiger partial charge in [0.05, 0.1) is 5.92 Å². The van der Waals surface area contributed by atoms with Gasteiger partial charge in [0, 0.05) is 26.2 Å². The van der Waals surface area contributed by atoms with Crippen LogP contribution in [-0.4, -0.2) is 59.0 Å². The molecule has 2 rings (SSSR count). The van der Waals surface area contributed by atoms with Crippen LogP contribution in [0.1, 0.15) is 38.7 Å². The molecule has 1 N–H and O–H groups in total. The Labute approximate surface area is 144 Å². The van der Waals surface area contributed by atoms with Gasteiger partial charge in [-0.1, -0.05) is 50.6 Å². The summed E-state index contributed by atoms with van der Waals surface area (Å²) in [7, 11) is 0. The molecule has 5 heteroatoms. The number of aliphatic hydroxyl groups is 1. The van der Waals surface area contributed by atoms with Crippen LogP contribution in [0.4, 0.5) is 0 Å². The highest BCUT2D eigenvalue weighted by Crippen LogP contribution is 2.29. The SMILES string of the molecule is CCC(C)C(C(=O)N1CCN(C(=O)C(C)O)CC1)c1ccccc1. The Balaban J connectivity index is 2.08. The van der Waals surface area contributed by atoms with Crippen molar-refractivity contribution < 1.29 is 14.7 Å². The molecular weight excluding hydrogens is 304 g/mol. The normalized spacial score (nSPS) is 18.8. The van der Waals surface area contributed by atoms with E-state index in [0.29, 0.717) is 26.2 Å². The van der Waals surface area contributed by atoms with Gasteiger partial charge in [-0.3, -0.25) is 9.59 Å². The van der Waals surface area contributed by atoms with Crippen molar-refractivity contribution in [1.82, 2.24) is 9.80 Å². The molecule has 1 fully saturated rings. The summed E-state index contributed by atoms with van der Waals surface area (Å²) in [6, 6.07) is 9.93. The molecule has 1 heterocycles. The fraction of sp³-hybridized carbons (Fsp3) is 0.579. The minimum atomic E-state index is -0.982. The van der Waals surface area contributed by atoms with Crippen molar-refractivity contribution in [2.75, 3.05) is 26.2 Å². The van der Waals surface area contributed by atoms with Crippen LogP contribution in [0.2, 0.25) is 0 Å². The summed E-state index contributed by atoms with van der Waals surface area (Å²) in [6.45, 7) is 7.72. The number of hydrogen-bond donors (Lipinski definition) is 1. The van der Waals surface area contributed by atoms with Gasteiger partial charge in [0.1, 0.15) is 6.10 Å². The summed E-state index contributed by atoms with van der Waals surface area (Å²) in [4.78, 5) is 28.4. The molecule has 0 spiro atoms. The summed E-state index contributed by atoms with van der Waals surface area (Å²) >= 11 is 0. The van der Waals surface area contributed by atoms with Crippen LogP contribution in [0.15, 0.2) is 30.3 Å². The average molecular weight is 332 g/mol. The number of hydrogen-bond acceptors (Lipinski definition) is 3. The second-order valence-electron chi connectivity index (χ2n) is 6.60. The molecule has 0 radical (unpaired) electrons. The Bertz CT molecular complexity index is 551. The van der Waals surface area contributed by atoms with Crippen LogP contribution in [-0.2, 0) is 9.59 Å². The number of amides is 2. The number of carbonyl (C=O) groups excluding carboxylic acids is 2. The van der Waals surface area contributed by atoms with Gasteiger partial charge in [-0.05, 0) is 18.4 Å². The number of aliphatic hydroxyl groups excluding tert-OH is 1. The monoisotopic (exact) mass is 332 g/mol. The van der Waals surface area contributed by atoms with E-state index in [1.165, 1.54) is 6.92 Å². The summed E-state index contributed by atoms with van der Waals surface area (Å²) < 4.78 is 0. The maximum absolute atomic E-state index is 13.1. The second kappa shape index (κ2) is 8.29. The third-order valence-corrected chi connectivity index (χ3v) is 4.90. The van der Waals surface area contributed by atoms with Crippen molar-refractivity contribution in [3.63, 3.8) is 0 Å². The first kappa shape index (κ1) is 18.5. The Morgan fingerprint density at radius 3 is 1.96 bits per heavy atom. The van der Waals surface area contributed by atoms with Crippen molar-refractivity contribution >= 4 is 11.8 Å². The second-order valence-corrected chi connectivity index (χ2v) is 6.60. The van der Waals surface area contributed by atoms with E-state index < -0.39 is 6.10 Å². The summed E-state index contributed by atoms with van der Waals surface area (Å²) in [5, 5.41) is 9.42. The molecule has 0 bridgehead atoms. The highest BCUT2D eigenvalue weighted by atomic mass is 16.3. The largest absolute Gasteiger partial charge is 0.384 e. The topological polar surface area (TPSA) is 60.9 Å². The minimum Gasteiger partial charge on any atom is -0.384 e. The molecule has 1 aliphatic rings. The zero-order chi connectivity index (χ0) is 17.7. The molecular formula is C19H28N2O3. The third-order valence-electron chi connectivity index (χ3n) is 4.90. The Hall–Kier alpha value is -1.88. The maximum atomic E-state index is 13.1. The molecule has 3 atom stereocenters. The molecule has 0 saturated carbocycles. The van der Waals surface area contributed by atoms with Crippen molar-refractivity contribution in [1.29, 1.82) is 0 Å². The number of carbonyl (C=O) groups is 2. The van der Waals surface area contributed by atoms with Gasteiger partial charge < -0.3 is 14.9 Å². The fourth-order valence-electron chi connectivity index (χ4n) is 3.22. The highest BCUT2D eigenvalue weighted by molar-refractivity contribution is 5.85. The molecule has 3 unspecified atom stereocenters. The van der Waals surface area contributed by atoms with Crippen molar-refractivity contribution in [2.45, 2.75) is 39.2 Å². The molecule has 0 aliphatic carbocycles. The van der Waals surface area contributed by atoms with Gasteiger partial charge in [-0.15, -0.1) is 0 Å². The standard InChI is InChI=1S/C19H28N2O3/c1-4-14(2)17(16-8-6-5-7-9-16)19(24)21-12-10-20(11-13-21)18(23)15(3)22/h5-9,14-15,17,22H,4,10-13H2,1-3H3. The first-order valence-corrected chi connectivity index (χ1v) is 8.76. The molecule has 24 heavy (non-hydrogen) atoms. The quantitative estimate of drug-likeness (QED) is 0.895. The van der Waals surface area contributed by atoms with E-state index in [1.54, 1.807) is 4.90 Å². The summed E-state index contributed by atoms with van der Waals surface area (Å²) in [5.74, 6) is -0.00410. The Kier molecular flexibility index (Phi) is 6.37. The Morgan fingerprint density at radius 1 is 1.00 bits per heavy atom. The number of benzene rings is 1. The molecule has 132 valence electrons. The molecule has 1 aromatic rings. The van der Waals surface area contributed by atoms with Crippen LogP contribution >= 0.6 is 0 Å². The first-order valence-electron chi connectivity index (χ1n) is 8.76. The van der Waals surface area contributed by atoms with E-state index in [0.717, 1.165) is 12.0 Å². The van der Waals surface area contributed by atoms with Crippen LogP contribution in [0.5, 0.6) is 0 Å². The minimum absolute atomic E-state index is 0.139. The van der Waals surface area contributed by atoms with Crippen molar-refractivity contribution in [2.24, 2.45) is 5.92 Å². The van der Waals surface area contributed by atoms with Gasteiger partial charge in [0.15, 0.2) is 0 Å². The molecule has 1 aliphatic heterocycles. The van der Waals surface area contributed by atoms with E-state index in [9.17, 15) is 14.7 Å². The zero-order valence-electron chi connectivity index (χ0n) is 14.8. The van der Waals surface area contributed by atoms with Gasteiger partial charge in [-0.25, -0.2) is 0 Å². The molecule has 1 aromatic carbocycles. The smallest absolute Gasteiger partial charge is 0.251 e. The molecule has 5 nitrogen and oxygen atoms in total. The molecule has 0 aromatic heterocycles. The van der Waals surface area contributed by atoms with Gasteiger partial charge in [-0.2, -0.15) is 0 Å². The summed E-state index contributed by atoms with van der Waals surface area (Å²) in [5.41, 5.74) is 1.05. The van der Waals surface area contributed by atoms with Gasteiger partial charge in [0.25, 0.3) is 5.91 Å². The van der Waals surface area contributed by atoms with Gasteiger partial charge >= 0.3 is 0 Å². The Morgan fingerprint density at radius 2 is 1.50 bits per heavy atom. The van der Waals surface area contributed by atoms with Crippen molar-refractivity contribution in [3.8, 4) is 0 Å². The molecule has 2 amide bonds. The van der Waals surface area contributed by atoms with E-state index in [-0.39, 0.29) is 23.7 Å². The lowest BCUT2D eigenvalue weighted by Gasteiger charge is -2.38. The highest BCUT2D eigenvalue weighted by Gasteiger charge is 2.32. The van der Waals surface area contributed by atoms with E-state index >= 15 is 0 Å². The maximum Gasteiger partial charge on any atom is 0.251 e. The number of rotatable bonds is 5. The first-order chi connectivity index (χ1) is 11.5. The van der Waals surface area contributed by atoms with E-state index in [2.05, 4.69) is 13.8 Å². The fourth-order valence-corrected chi connectivity index (χ4v) is 3.22. The third kappa shape index (κ3) is 4.15. The van der Waals surface area contributed by atoms with Crippen LogP contribution < -0.4 is 0 Å². The molecule has 1 saturated heterocycles. The van der Waals surface area contributed by atoms with E-state index in [1.807, 2.05) is 35.2 Å². The van der Waals surface area contributed by atoms with Crippen LogP contribution in [0.3, 0.4) is 0 Å². The van der Waals surface area contributed by atoms with E-state index in [4.69, 9.17) is 0 Å². The van der Waals surface area contributed by atoms with Crippen LogP contribution in [0, 0.1) is 5.92 Å². The predicted octanol–water partition coefficient (Wildman–Crippen LogP) is 1.87. The zero-order valence-corrected chi connectivity index (χ0v) is 14.8.